The van der Waals surface area contributed by atoms with Crippen molar-refractivity contribution in [1.29, 1.82) is 0 Å². The summed E-state index contributed by atoms with van der Waals surface area (Å²) in [6, 6.07) is -0.0851. The molecule has 20 heavy (non-hydrogen) atoms. The molecule has 0 aliphatic rings. The van der Waals surface area contributed by atoms with Crippen molar-refractivity contribution in [3.8, 4) is 0 Å². The summed E-state index contributed by atoms with van der Waals surface area (Å²) in [7, 11) is 0. The Hall–Kier alpha value is -1.52. The summed E-state index contributed by atoms with van der Waals surface area (Å²) >= 11 is 0. The number of nitrogens with one attached hydrogen (secondary N) is 2. The second kappa shape index (κ2) is 13.9. The average Bonchev–Trinajstić information content (AvgIpc) is 2.41. The fourth-order valence-electron chi connectivity index (χ4n) is 1.67. The van der Waals surface area contributed by atoms with Crippen LogP contribution in [-0.2, 0) is 4.79 Å². The van der Waals surface area contributed by atoms with Gasteiger partial charge in [0.25, 0.3) is 0 Å². The molecule has 0 rings (SSSR count). The Balaban J connectivity index is 3.26. The van der Waals surface area contributed by atoms with E-state index >= 15 is 0 Å². The number of carboxylic acid groups (broad SMARTS) is 1. The van der Waals surface area contributed by atoms with E-state index in [-0.39, 0.29) is 12.5 Å². The molecule has 2 amide bonds. The highest BCUT2D eigenvalue weighted by molar-refractivity contribution is 5.73. The van der Waals surface area contributed by atoms with Gasteiger partial charge in [-0.25, -0.2) is 4.79 Å². The number of amides is 2. The molecule has 5 heteroatoms. The van der Waals surface area contributed by atoms with Gasteiger partial charge in [0, 0.05) is 19.5 Å². The third kappa shape index (κ3) is 14.5. The van der Waals surface area contributed by atoms with Gasteiger partial charge in [-0.2, -0.15) is 0 Å². The maximum absolute atomic E-state index is 11.4. The van der Waals surface area contributed by atoms with Gasteiger partial charge in [-0.05, 0) is 32.1 Å². The van der Waals surface area contributed by atoms with Crippen LogP contribution in [0.1, 0.15) is 58.3 Å². The first-order valence-electron chi connectivity index (χ1n) is 7.55. The van der Waals surface area contributed by atoms with Gasteiger partial charge in [0.1, 0.15) is 0 Å². The fraction of sp³-hybridized carbons (Fsp3) is 0.733. The highest BCUT2D eigenvalue weighted by atomic mass is 16.4. The summed E-state index contributed by atoms with van der Waals surface area (Å²) in [4.78, 5) is 21.6. The van der Waals surface area contributed by atoms with Crippen molar-refractivity contribution in [3.05, 3.63) is 12.2 Å². The number of hydrogen-bond acceptors (Lipinski definition) is 2. The van der Waals surface area contributed by atoms with Crippen molar-refractivity contribution >= 4 is 12.0 Å². The molecule has 0 unspecified atom stereocenters. The molecule has 0 saturated heterocycles. The monoisotopic (exact) mass is 284 g/mol. The van der Waals surface area contributed by atoms with Crippen LogP contribution in [0.4, 0.5) is 4.79 Å². The van der Waals surface area contributed by atoms with E-state index in [9.17, 15) is 9.59 Å². The Kier molecular flexibility index (Phi) is 12.8. The van der Waals surface area contributed by atoms with Crippen LogP contribution in [0.25, 0.3) is 0 Å². The predicted molar refractivity (Wildman–Crippen MR) is 80.8 cm³/mol. The Morgan fingerprint density at radius 1 is 0.950 bits per heavy atom. The van der Waals surface area contributed by atoms with Crippen molar-refractivity contribution in [1.82, 2.24) is 10.6 Å². The van der Waals surface area contributed by atoms with Crippen LogP contribution in [0, 0.1) is 0 Å². The molecule has 0 spiro atoms. The van der Waals surface area contributed by atoms with Gasteiger partial charge < -0.3 is 15.7 Å². The number of carbonyl (C=O) groups excluding carboxylic acids is 1. The summed E-state index contributed by atoms with van der Waals surface area (Å²) in [6.45, 7) is 3.56. The zero-order valence-electron chi connectivity index (χ0n) is 12.5. The first-order valence-corrected chi connectivity index (χ1v) is 7.55. The van der Waals surface area contributed by atoms with E-state index in [1.165, 1.54) is 0 Å². The van der Waals surface area contributed by atoms with Crippen LogP contribution in [0.15, 0.2) is 12.2 Å². The van der Waals surface area contributed by atoms with Gasteiger partial charge in [0.15, 0.2) is 0 Å². The molecule has 0 saturated carbocycles. The molecule has 5 nitrogen and oxygen atoms in total. The normalized spacial score (nSPS) is 10.7. The first-order chi connectivity index (χ1) is 9.66. The Labute approximate surface area is 121 Å². The van der Waals surface area contributed by atoms with Crippen LogP contribution in [0.3, 0.4) is 0 Å². The highest BCUT2D eigenvalue weighted by Crippen LogP contribution is 1.98. The van der Waals surface area contributed by atoms with E-state index in [4.69, 9.17) is 5.11 Å². The Bertz CT molecular complexity index is 291. The quantitative estimate of drug-likeness (QED) is 0.380. The van der Waals surface area contributed by atoms with Crippen molar-refractivity contribution in [2.45, 2.75) is 58.3 Å². The van der Waals surface area contributed by atoms with E-state index in [0.717, 1.165) is 45.1 Å². The molecule has 0 aromatic carbocycles. The summed E-state index contributed by atoms with van der Waals surface area (Å²) in [5, 5.41) is 14.1. The molecule has 116 valence electrons. The van der Waals surface area contributed by atoms with Crippen LogP contribution in [0.2, 0.25) is 0 Å². The van der Waals surface area contributed by atoms with Gasteiger partial charge in [-0.3, -0.25) is 4.79 Å². The molecular formula is C15H28N2O3. The zero-order valence-corrected chi connectivity index (χ0v) is 12.5. The van der Waals surface area contributed by atoms with E-state index in [1.807, 2.05) is 12.2 Å². The Morgan fingerprint density at radius 2 is 1.55 bits per heavy atom. The second-order valence-corrected chi connectivity index (χ2v) is 4.79. The van der Waals surface area contributed by atoms with Crippen LogP contribution in [-0.4, -0.2) is 30.2 Å². The molecule has 0 aromatic heterocycles. The van der Waals surface area contributed by atoms with Crippen molar-refractivity contribution < 1.29 is 14.7 Å². The second-order valence-electron chi connectivity index (χ2n) is 4.79. The minimum Gasteiger partial charge on any atom is -0.481 e. The average molecular weight is 284 g/mol. The third-order valence-electron chi connectivity index (χ3n) is 2.84. The van der Waals surface area contributed by atoms with Crippen molar-refractivity contribution in [3.63, 3.8) is 0 Å². The number of urea groups is 1. The Morgan fingerprint density at radius 3 is 2.15 bits per heavy atom. The number of allylic oxidation sites excluding steroid dienone is 2. The molecule has 0 aliphatic carbocycles. The third-order valence-corrected chi connectivity index (χ3v) is 2.84. The topological polar surface area (TPSA) is 78.4 Å². The highest BCUT2D eigenvalue weighted by Gasteiger charge is 1.97. The lowest BCUT2D eigenvalue weighted by atomic mass is 10.2. The van der Waals surface area contributed by atoms with Crippen LogP contribution in [0.5, 0.6) is 0 Å². The molecule has 0 aliphatic heterocycles. The number of aliphatic carboxylic acids is 1. The SMILES string of the molecule is CCCCCNC(=O)NCCCC/C=C\CCC(=O)O. The maximum Gasteiger partial charge on any atom is 0.314 e. The lowest BCUT2D eigenvalue weighted by Crippen LogP contribution is -2.36. The lowest BCUT2D eigenvalue weighted by Gasteiger charge is -2.06. The number of carboxylic acids is 1. The first kappa shape index (κ1) is 18.5. The van der Waals surface area contributed by atoms with Gasteiger partial charge in [0.05, 0.1) is 0 Å². The summed E-state index contributed by atoms with van der Waals surface area (Å²) in [5.74, 6) is -0.760. The number of carbonyl (C=O) groups is 2. The lowest BCUT2D eigenvalue weighted by molar-refractivity contribution is -0.136. The molecular weight excluding hydrogens is 256 g/mol. The zero-order chi connectivity index (χ0) is 15.1. The molecule has 0 heterocycles. The smallest absolute Gasteiger partial charge is 0.314 e. The number of unbranched alkanes of at least 4 members (excludes halogenated alkanes) is 4. The minimum atomic E-state index is -0.760. The fourth-order valence-corrected chi connectivity index (χ4v) is 1.67. The van der Waals surface area contributed by atoms with Gasteiger partial charge >= 0.3 is 12.0 Å². The molecule has 0 fully saturated rings. The summed E-state index contributed by atoms with van der Waals surface area (Å²) in [5.41, 5.74) is 0. The van der Waals surface area contributed by atoms with Crippen molar-refractivity contribution in [2.24, 2.45) is 0 Å². The number of rotatable bonds is 12. The summed E-state index contributed by atoms with van der Waals surface area (Å²) < 4.78 is 0. The standard InChI is InChI=1S/C15H28N2O3/c1-2-3-9-12-16-15(20)17-13-10-7-5-4-6-8-11-14(18)19/h4,6H,2-3,5,7-13H2,1H3,(H,18,19)(H2,16,17,20)/b6-4-. The van der Waals surface area contributed by atoms with Gasteiger partial charge in [-0.1, -0.05) is 31.9 Å². The van der Waals surface area contributed by atoms with E-state index in [1.54, 1.807) is 0 Å². The largest absolute Gasteiger partial charge is 0.481 e. The van der Waals surface area contributed by atoms with Gasteiger partial charge in [-0.15, -0.1) is 0 Å². The van der Waals surface area contributed by atoms with E-state index < -0.39 is 5.97 Å². The van der Waals surface area contributed by atoms with Gasteiger partial charge in [0.2, 0.25) is 0 Å². The van der Waals surface area contributed by atoms with E-state index in [2.05, 4.69) is 17.6 Å². The van der Waals surface area contributed by atoms with Crippen molar-refractivity contribution in [2.75, 3.05) is 13.1 Å². The molecule has 3 N–H and O–H groups in total. The predicted octanol–water partition coefficient (Wildman–Crippen LogP) is 3.07. The molecule has 0 aromatic rings. The molecule has 0 bridgehead atoms. The van der Waals surface area contributed by atoms with Crippen LogP contribution < -0.4 is 10.6 Å². The van der Waals surface area contributed by atoms with E-state index in [0.29, 0.717) is 13.0 Å². The summed E-state index contributed by atoms with van der Waals surface area (Å²) in [6.07, 6.45) is 10.9. The maximum atomic E-state index is 11.4. The minimum absolute atomic E-state index is 0.0851. The molecule has 0 atom stereocenters. The number of hydrogen-bond donors (Lipinski definition) is 3. The van der Waals surface area contributed by atoms with Crippen LogP contribution >= 0.6 is 0 Å². The molecule has 0 radical (unpaired) electrons.